The van der Waals surface area contributed by atoms with Crippen LogP contribution in [0.1, 0.15) is 5.56 Å². The number of benzene rings is 1. The van der Waals surface area contributed by atoms with Crippen molar-refractivity contribution in [1.82, 2.24) is 5.32 Å². The van der Waals surface area contributed by atoms with E-state index in [9.17, 15) is 4.79 Å². The van der Waals surface area contributed by atoms with Crippen molar-refractivity contribution in [3.63, 3.8) is 0 Å². The summed E-state index contributed by atoms with van der Waals surface area (Å²) in [5.41, 5.74) is 0.770. The molecule has 92 valence electrons. The Morgan fingerprint density at radius 3 is 3.00 bits per heavy atom. The lowest BCUT2D eigenvalue weighted by Gasteiger charge is -2.01. The molecule has 2 aliphatic heterocycles. The first-order valence-electron chi connectivity index (χ1n) is 4.97. The highest BCUT2D eigenvalue weighted by Crippen LogP contribution is 2.40. The summed E-state index contributed by atoms with van der Waals surface area (Å²) in [5.74, 6) is 0.928. The minimum absolute atomic E-state index is 0.161. The van der Waals surface area contributed by atoms with E-state index in [2.05, 4.69) is 5.32 Å². The zero-order valence-corrected chi connectivity index (χ0v) is 11.2. The number of rotatable bonds is 1. The number of nitrogens with one attached hydrogen (secondary N) is 1. The molecule has 0 atom stereocenters. The van der Waals surface area contributed by atoms with Crippen molar-refractivity contribution in [3.8, 4) is 11.5 Å². The second kappa shape index (κ2) is 4.46. The molecule has 0 saturated carbocycles. The summed E-state index contributed by atoms with van der Waals surface area (Å²) in [6.45, 7) is 0.161. The maximum absolute atomic E-state index is 11.5. The maximum Gasteiger partial charge on any atom is 0.263 e. The molecule has 0 bridgehead atoms. The minimum atomic E-state index is -0.196. The Balaban J connectivity index is 1.99. The molecular weight excluding hydrogens is 294 g/mol. The van der Waals surface area contributed by atoms with E-state index in [0.29, 0.717) is 25.7 Å². The second-order valence-electron chi connectivity index (χ2n) is 3.59. The predicted molar refractivity (Wildman–Crippen MR) is 73.9 cm³/mol. The van der Waals surface area contributed by atoms with Crippen LogP contribution in [-0.4, -0.2) is 17.0 Å². The third-order valence-corrected chi connectivity index (χ3v) is 3.83. The first-order chi connectivity index (χ1) is 8.63. The van der Waals surface area contributed by atoms with Gasteiger partial charge in [-0.15, -0.1) is 0 Å². The summed E-state index contributed by atoms with van der Waals surface area (Å²) in [5, 5.41) is 3.01. The van der Waals surface area contributed by atoms with Crippen molar-refractivity contribution < 1.29 is 14.3 Å². The van der Waals surface area contributed by atoms with Gasteiger partial charge in [0.1, 0.15) is 4.32 Å². The highest BCUT2D eigenvalue weighted by Gasteiger charge is 2.23. The van der Waals surface area contributed by atoms with E-state index in [4.69, 9.17) is 33.3 Å². The van der Waals surface area contributed by atoms with E-state index in [1.54, 1.807) is 18.2 Å². The normalized spacial score (nSPS) is 19.5. The van der Waals surface area contributed by atoms with Crippen molar-refractivity contribution in [2.24, 2.45) is 0 Å². The Bertz CT molecular complexity index is 600. The Morgan fingerprint density at radius 2 is 2.28 bits per heavy atom. The minimum Gasteiger partial charge on any atom is -0.454 e. The average Bonchev–Trinajstić information content (AvgIpc) is 2.86. The van der Waals surface area contributed by atoms with E-state index in [0.717, 1.165) is 5.56 Å². The first-order valence-corrected chi connectivity index (χ1v) is 6.58. The van der Waals surface area contributed by atoms with Gasteiger partial charge in [0.2, 0.25) is 6.79 Å². The van der Waals surface area contributed by atoms with Gasteiger partial charge in [0, 0.05) is 0 Å². The molecule has 1 aromatic rings. The standard InChI is InChI=1S/C11H6ClNO3S2/c12-6-1-5(2-7-9(6)16-4-15-7)3-8-10(14)13-11(17)18-8/h1-3H,4H2,(H,13,14,17)/b8-3-. The number of fused-ring (bicyclic) bond motifs is 1. The monoisotopic (exact) mass is 299 g/mol. The SMILES string of the molecule is O=C1NC(=S)S/C1=C\c1cc(Cl)c2c(c1)OCO2. The van der Waals surface area contributed by atoms with Crippen molar-refractivity contribution in [2.45, 2.75) is 0 Å². The van der Waals surface area contributed by atoms with Crippen molar-refractivity contribution in [3.05, 3.63) is 27.6 Å². The third kappa shape index (κ3) is 2.07. The molecule has 4 nitrogen and oxygen atoms in total. The lowest BCUT2D eigenvalue weighted by Crippen LogP contribution is -2.17. The number of carbonyl (C=O) groups excluding carboxylic acids is 1. The molecule has 0 aromatic heterocycles. The fraction of sp³-hybridized carbons (Fsp3) is 0.0909. The number of halogens is 1. The first kappa shape index (κ1) is 11.8. The van der Waals surface area contributed by atoms with Crippen LogP contribution in [0.4, 0.5) is 0 Å². The molecule has 0 spiro atoms. The fourth-order valence-electron chi connectivity index (χ4n) is 1.64. The zero-order chi connectivity index (χ0) is 12.7. The van der Waals surface area contributed by atoms with Crippen LogP contribution in [0.25, 0.3) is 6.08 Å². The smallest absolute Gasteiger partial charge is 0.263 e. The van der Waals surface area contributed by atoms with Gasteiger partial charge in [0.15, 0.2) is 11.5 Å². The molecule has 18 heavy (non-hydrogen) atoms. The summed E-state index contributed by atoms with van der Waals surface area (Å²) in [7, 11) is 0. The fourth-order valence-corrected chi connectivity index (χ4v) is 2.96. The van der Waals surface area contributed by atoms with E-state index in [1.165, 1.54) is 11.8 Å². The van der Waals surface area contributed by atoms with Crippen molar-refractivity contribution in [2.75, 3.05) is 6.79 Å². The van der Waals surface area contributed by atoms with Crippen LogP contribution in [0.15, 0.2) is 17.0 Å². The molecule has 1 aromatic carbocycles. The molecule has 3 rings (SSSR count). The lowest BCUT2D eigenvalue weighted by molar-refractivity contribution is -0.115. The van der Waals surface area contributed by atoms with Gasteiger partial charge >= 0.3 is 0 Å². The Labute approximate surface area is 117 Å². The van der Waals surface area contributed by atoms with Gasteiger partial charge in [-0.3, -0.25) is 4.79 Å². The number of ether oxygens (including phenoxy) is 2. The highest BCUT2D eigenvalue weighted by atomic mass is 35.5. The van der Waals surface area contributed by atoms with Gasteiger partial charge in [0.25, 0.3) is 5.91 Å². The predicted octanol–water partition coefficient (Wildman–Crippen LogP) is 2.56. The van der Waals surface area contributed by atoms with E-state index in [1.807, 2.05) is 0 Å². The van der Waals surface area contributed by atoms with Gasteiger partial charge in [0.05, 0.1) is 9.93 Å². The van der Waals surface area contributed by atoms with Crippen LogP contribution < -0.4 is 14.8 Å². The molecule has 1 saturated heterocycles. The van der Waals surface area contributed by atoms with Gasteiger partial charge < -0.3 is 14.8 Å². The van der Waals surface area contributed by atoms with Crippen molar-refractivity contribution in [1.29, 1.82) is 0 Å². The van der Waals surface area contributed by atoms with Gasteiger partial charge in [-0.25, -0.2) is 0 Å². The van der Waals surface area contributed by atoms with Gasteiger partial charge in [-0.2, -0.15) is 0 Å². The molecule has 2 aliphatic rings. The third-order valence-electron chi connectivity index (χ3n) is 2.39. The second-order valence-corrected chi connectivity index (χ2v) is 5.71. The maximum atomic E-state index is 11.5. The quantitative estimate of drug-likeness (QED) is 0.638. The molecule has 1 amide bonds. The number of hydrogen-bond donors (Lipinski definition) is 1. The van der Waals surface area contributed by atoms with Crippen LogP contribution in [-0.2, 0) is 4.79 Å². The van der Waals surface area contributed by atoms with Crippen LogP contribution in [0.2, 0.25) is 5.02 Å². The average molecular weight is 300 g/mol. The number of thioether (sulfide) groups is 1. The molecule has 0 unspecified atom stereocenters. The van der Waals surface area contributed by atoms with Crippen LogP contribution in [0.3, 0.4) is 0 Å². The summed E-state index contributed by atoms with van der Waals surface area (Å²) in [6.07, 6.45) is 1.72. The number of carbonyl (C=O) groups is 1. The largest absolute Gasteiger partial charge is 0.454 e. The molecule has 0 aliphatic carbocycles. The number of hydrogen-bond acceptors (Lipinski definition) is 5. The van der Waals surface area contributed by atoms with Gasteiger partial charge in [-0.1, -0.05) is 35.6 Å². The number of amides is 1. The highest BCUT2D eigenvalue weighted by molar-refractivity contribution is 8.26. The topological polar surface area (TPSA) is 47.6 Å². The summed E-state index contributed by atoms with van der Waals surface area (Å²) in [6, 6.07) is 3.49. The molecular formula is C11H6ClNO3S2. The lowest BCUT2D eigenvalue weighted by atomic mass is 10.2. The Hall–Kier alpha value is -1.24. The van der Waals surface area contributed by atoms with Crippen molar-refractivity contribution >= 4 is 51.9 Å². The van der Waals surface area contributed by atoms with E-state index < -0.39 is 0 Å². The van der Waals surface area contributed by atoms with Gasteiger partial charge in [-0.05, 0) is 23.8 Å². The Morgan fingerprint density at radius 1 is 1.44 bits per heavy atom. The summed E-state index contributed by atoms with van der Waals surface area (Å²) < 4.78 is 10.9. The van der Waals surface area contributed by atoms with E-state index >= 15 is 0 Å². The summed E-state index contributed by atoms with van der Waals surface area (Å²) >= 11 is 12.2. The number of thiocarbonyl (C=S) groups is 1. The van der Waals surface area contributed by atoms with E-state index in [-0.39, 0.29) is 12.7 Å². The zero-order valence-electron chi connectivity index (χ0n) is 8.86. The molecule has 7 heteroatoms. The van der Waals surface area contributed by atoms with Crippen LogP contribution >= 0.6 is 35.6 Å². The van der Waals surface area contributed by atoms with Crippen LogP contribution in [0, 0.1) is 0 Å². The summed E-state index contributed by atoms with van der Waals surface area (Å²) in [4.78, 5) is 12.1. The van der Waals surface area contributed by atoms with Crippen LogP contribution in [0.5, 0.6) is 11.5 Å². The molecule has 1 fully saturated rings. The molecule has 1 N–H and O–H groups in total. The molecule has 2 heterocycles. The Kier molecular flexibility index (Phi) is 2.93. The molecule has 0 radical (unpaired) electrons.